The number of fused-ring (bicyclic) bond motifs is 1. The number of nitrogens with zero attached hydrogens (tertiary/aromatic N) is 2. The smallest absolute Gasteiger partial charge is 0.235 e. The summed E-state index contributed by atoms with van der Waals surface area (Å²) in [6.07, 6.45) is -1.18. The van der Waals surface area contributed by atoms with E-state index in [0.717, 1.165) is 6.07 Å². The molecular formula is C20H30FN3O5S. The van der Waals surface area contributed by atoms with Crippen molar-refractivity contribution in [3.63, 3.8) is 0 Å². The Labute approximate surface area is 176 Å². The van der Waals surface area contributed by atoms with Crippen molar-refractivity contribution in [2.75, 3.05) is 18.9 Å². The number of nitrogens with one attached hydrogen (secondary N) is 1. The zero-order valence-corrected chi connectivity index (χ0v) is 19.0. The third kappa shape index (κ3) is 4.46. The highest BCUT2D eigenvalue weighted by atomic mass is 32.2. The highest BCUT2D eigenvalue weighted by Crippen LogP contribution is 2.41. The fourth-order valence-corrected chi connectivity index (χ4v) is 6.25. The van der Waals surface area contributed by atoms with E-state index in [9.17, 15) is 17.9 Å². The van der Waals surface area contributed by atoms with Gasteiger partial charge in [-0.3, -0.25) is 4.90 Å². The Balaban J connectivity index is 1.95. The lowest BCUT2D eigenvalue weighted by Gasteiger charge is -2.23. The molecule has 1 saturated heterocycles. The van der Waals surface area contributed by atoms with Gasteiger partial charge < -0.3 is 19.7 Å². The maximum absolute atomic E-state index is 14.4. The molecule has 1 fully saturated rings. The van der Waals surface area contributed by atoms with Crippen molar-refractivity contribution in [3.05, 3.63) is 23.6 Å². The predicted molar refractivity (Wildman–Crippen MR) is 112 cm³/mol. The van der Waals surface area contributed by atoms with Gasteiger partial charge in [0.05, 0.1) is 11.8 Å². The van der Waals surface area contributed by atoms with Crippen LogP contribution in [0.5, 0.6) is 0 Å². The van der Waals surface area contributed by atoms with E-state index < -0.39 is 32.7 Å². The van der Waals surface area contributed by atoms with Crippen molar-refractivity contribution < 1.29 is 27.2 Å². The minimum Gasteiger partial charge on any atom is -0.356 e. The summed E-state index contributed by atoms with van der Waals surface area (Å²) >= 11 is 0. The van der Waals surface area contributed by atoms with Crippen molar-refractivity contribution in [1.82, 2.24) is 10.1 Å². The van der Waals surface area contributed by atoms with Crippen LogP contribution in [-0.2, 0) is 14.6 Å². The maximum atomic E-state index is 14.4. The van der Waals surface area contributed by atoms with E-state index in [1.165, 1.54) is 6.07 Å². The number of rotatable bonds is 7. The van der Waals surface area contributed by atoms with Gasteiger partial charge in [0.15, 0.2) is 15.4 Å². The summed E-state index contributed by atoms with van der Waals surface area (Å²) in [5, 5.41) is 15.2. The van der Waals surface area contributed by atoms with E-state index in [-0.39, 0.29) is 28.5 Å². The second kappa shape index (κ2) is 8.07. The standard InChI is InChI=1S/C20H30FN3O5S/c1-11(2)28-19(25)22-15-7-13-16(8-14(15)21)29-23-18(13)12(3)30(26,27)17-9-20(4,5)10-24(17)6/h7-8,11-12,17,19,22,25H,9-10H2,1-6H3. The number of aromatic nitrogens is 1. The Morgan fingerprint density at radius 1 is 1.37 bits per heavy atom. The van der Waals surface area contributed by atoms with Crippen LogP contribution in [0.15, 0.2) is 16.7 Å². The monoisotopic (exact) mass is 443 g/mol. The van der Waals surface area contributed by atoms with Crippen molar-refractivity contribution >= 4 is 26.5 Å². The van der Waals surface area contributed by atoms with Crippen LogP contribution in [0.3, 0.4) is 0 Å². The van der Waals surface area contributed by atoms with E-state index in [1.54, 1.807) is 27.8 Å². The van der Waals surface area contributed by atoms with Crippen LogP contribution in [0.1, 0.15) is 52.0 Å². The van der Waals surface area contributed by atoms with E-state index in [2.05, 4.69) is 10.5 Å². The van der Waals surface area contributed by atoms with E-state index in [4.69, 9.17) is 9.26 Å². The normalized spacial score (nSPS) is 22.0. The molecule has 0 amide bonds. The molecule has 0 bridgehead atoms. The van der Waals surface area contributed by atoms with Gasteiger partial charge in [0.2, 0.25) is 6.41 Å². The van der Waals surface area contributed by atoms with Crippen molar-refractivity contribution in [2.24, 2.45) is 5.41 Å². The lowest BCUT2D eigenvalue weighted by molar-refractivity contribution is -0.106. The topological polar surface area (TPSA) is 105 Å². The van der Waals surface area contributed by atoms with Crippen LogP contribution >= 0.6 is 0 Å². The number of likely N-dealkylation sites (tertiary alicyclic amines) is 1. The van der Waals surface area contributed by atoms with Crippen LogP contribution in [0.4, 0.5) is 10.1 Å². The lowest BCUT2D eigenvalue weighted by Crippen LogP contribution is -2.35. The molecule has 0 aliphatic carbocycles. The van der Waals surface area contributed by atoms with Gasteiger partial charge in [-0.2, -0.15) is 0 Å². The average Bonchev–Trinajstić information content (AvgIpc) is 3.13. The number of anilines is 1. The van der Waals surface area contributed by atoms with Gasteiger partial charge in [0, 0.05) is 18.0 Å². The van der Waals surface area contributed by atoms with Gasteiger partial charge >= 0.3 is 0 Å². The quantitative estimate of drug-likeness (QED) is 0.629. The first kappa shape index (κ1) is 22.9. The molecule has 0 radical (unpaired) electrons. The van der Waals surface area contributed by atoms with Crippen molar-refractivity contribution in [3.8, 4) is 0 Å². The average molecular weight is 444 g/mol. The van der Waals surface area contributed by atoms with Gasteiger partial charge in [-0.1, -0.05) is 19.0 Å². The molecule has 1 aromatic heterocycles. The highest BCUT2D eigenvalue weighted by molar-refractivity contribution is 7.92. The second-order valence-electron chi connectivity index (χ2n) is 9.05. The number of ether oxygens (including phenoxy) is 1. The summed E-state index contributed by atoms with van der Waals surface area (Å²) < 4.78 is 51.5. The largest absolute Gasteiger partial charge is 0.356 e. The van der Waals surface area contributed by atoms with E-state index >= 15 is 0 Å². The van der Waals surface area contributed by atoms with Gasteiger partial charge in [-0.05, 0) is 45.7 Å². The fourth-order valence-electron chi connectivity index (χ4n) is 4.04. The van der Waals surface area contributed by atoms with Crippen LogP contribution in [0.2, 0.25) is 0 Å². The summed E-state index contributed by atoms with van der Waals surface area (Å²) in [6, 6.07) is 2.50. The van der Waals surface area contributed by atoms with Gasteiger partial charge in [0.1, 0.15) is 22.1 Å². The van der Waals surface area contributed by atoms with Crippen molar-refractivity contribution in [1.29, 1.82) is 0 Å². The summed E-state index contributed by atoms with van der Waals surface area (Å²) in [6.45, 7) is 9.79. The van der Waals surface area contributed by atoms with E-state index in [1.807, 2.05) is 18.7 Å². The van der Waals surface area contributed by atoms with Gasteiger partial charge in [-0.25, -0.2) is 12.8 Å². The summed E-state index contributed by atoms with van der Waals surface area (Å²) in [7, 11) is -1.82. The first-order chi connectivity index (χ1) is 13.8. The number of aliphatic hydroxyl groups is 1. The lowest BCUT2D eigenvalue weighted by atomic mass is 9.93. The molecule has 1 aliphatic rings. The molecule has 2 aromatic rings. The third-order valence-electron chi connectivity index (χ3n) is 5.42. The third-order valence-corrected chi connectivity index (χ3v) is 7.91. The predicted octanol–water partition coefficient (Wildman–Crippen LogP) is 3.24. The molecule has 30 heavy (non-hydrogen) atoms. The number of sulfone groups is 1. The van der Waals surface area contributed by atoms with Gasteiger partial charge in [-0.15, -0.1) is 0 Å². The molecule has 1 aliphatic heterocycles. The maximum Gasteiger partial charge on any atom is 0.235 e. The first-order valence-electron chi connectivity index (χ1n) is 9.93. The molecule has 10 heteroatoms. The molecule has 2 heterocycles. The summed E-state index contributed by atoms with van der Waals surface area (Å²) in [4.78, 5) is 1.85. The molecule has 0 spiro atoms. The first-order valence-corrected chi connectivity index (χ1v) is 11.5. The fraction of sp³-hybridized carbons (Fsp3) is 0.650. The van der Waals surface area contributed by atoms with Crippen LogP contribution in [0.25, 0.3) is 11.0 Å². The van der Waals surface area contributed by atoms with Gasteiger partial charge in [0.25, 0.3) is 0 Å². The Morgan fingerprint density at radius 2 is 2.03 bits per heavy atom. The highest BCUT2D eigenvalue weighted by Gasteiger charge is 2.45. The summed E-state index contributed by atoms with van der Waals surface area (Å²) in [5.41, 5.74) is 0.203. The molecule has 168 valence electrons. The Bertz CT molecular complexity index is 1020. The SMILES string of the molecule is CC(C)OC(O)Nc1cc2c(C(C)S(=O)(=O)C3CC(C)(C)CN3C)noc2cc1F. The number of hydrogen-bond acceptors (Lipinski definition) is 8. The van der Waals surface area contributed by atoms with E-state index in [0.29, 0.717) is 18.4 Å². The minimum atomic E-state index is -3.62. The number of aliphatic hydroxyl groups excluding tert-OH is 1. The zero-order valence-electron chi connectivity index (χ0n) is 18.1. The minimum absolute atomic E-state index is 0.0381. The summed E-state index contributed by atoms with van der Waals surface area (Å²) in [5.74, 6) is -0.676. The number of benzene rings is 1. The molecule has 3 atom stereocenters. The number of halogens is 1. The zero-order chi connectivity index (χ0) is 22.4. The second-order valence-corrected chi connectivity index (χ2v) is 11.5. The Hall–Kier alpha value is -1.75. The molecular weight excluding hydrogens is 413 g/mol. The Morgan fingerprint density at radius 3 is 2.60 bits per heavy atom. The Kier molecular flexibility index (Phi) is 6.16. The molecule has 3 rings (SSSR count). The molecule has 2 N–H and O–H groups in total. The molecule has 1 aromatic carbocycles. The molecule has 8 nitrogen and oxygen atoms in total. The number of hydrogen-bond donors (Lipinski definition) is 2. The van der Waals surface area contributed by atoms with Crippen LogP contribution < -0.4 is 5.32 Å². The molecule has 0 saturated carbocycles. The van der Waals surface area contributed by atoms with Crippen molar-refractivity contribution in [2.45, 2.75) is 64.2 Å². The van der Waals surface area contributed by atoms with Crippen LogP contribution in [-0.4, -0.2) is 55.1 Å². The van der Waals surface area contributed by atoms with Crippen LogP contribution in [0, 0.1) is 11.2 Å². The molecule has 3 unspecified atom stereocenters.